The molecule has 1 aromatic heterocycles. The van der Waals surface area contributed by atoms with Crippen LogP contribution in [0.2, 0.25) is 0 Å². The van der Waals surface area contributed by atoms with E-state index in [1.807, 2.05) is 0 Å². The molecular weight excluding hydrogens is 278 g/mol. The highest BCUT2D eigenvalue weighted by Gasteiger charge is 2.09. The highest BCUT2D eigenvalue weighted by molar-refractivity contribution is 9.10. The zero-order valence-corrected chi connectivity index (χ0v) is 9.43. The average molecular weight is 284 g/mol. The van der Waals surface area contributed by atoms with Crippen molar-refractivity contribution in [1.82, 2.24) is 14.8 Å². The topological polar surface area (TPSA) is 88.0 Å². The van der Waals surface area contributed by atoms with Crippen LogP contribution in [0.3, 0.4) is 0 Å². The number of hydrogen-bond donors (Lipinski definition) is 2. The Labute approximate surface area is 97.7 Å². The Morgan fingerprint density at radius 3 is 2.75 bits per heavy atom. The van der Waals surface area contributed by atoms with Crippen LogP contribution in [0.25, 0.3) is 5.69 Å². The van der Waals surface area contributed by atoms with Crippen molar-refractivity contribution in [3.8, 4) is 5.69 Å². The van der Waals surface area contributed by atoms with Crippen LogP contribution in [0.5, 0.6) is 0 Å². The Hall–Kier alpha value is -1.89. The lowest BCUT2D eigenvalue weighted by atomic mass is 10.2. The molecule has 0 aliphatic carbocycles. The number of carbonyl (C=O) groups is 1. The zero-order chi connectivity index (χ0) is 11.7. The number of H-pyrrole nitrogens is 1. The largest absolute Gasteiger partial charge is 0.478 e. The molecule has 6 nitrogen and oxygen atoms in total. The summed E-state index contributed by atoms with van der Waals surface area (Å²) in [6, 6.07) is 4.38. The molecule has 0 saturated heterocycles. The number of aromatic nitrogens is 3. The van der Waals surface area contributed by atoms with Crippen LogP contribution in [0.15, 0.2) is 33.8 Å². The predicted octanol–water partition coefficient (Wildman–Crippen LogP) is 1.02. The third-order valence-electron chi connectivity index (χ3n) is 2.01. The first-order valence-corrected chi connectivity index (χ1v) is 5.04. The molecule has 0 aliphatic heterocycles. The van der Waals surface area contributed by atoms with Gasteiger partial charge in [-0.05, 0) is 34.1 Å². The summed E-state index contributed by atoms with van der Waals surface area (Å²) in [5.74, 6) is -1.02. The van der Waals surface area contributed by atoms with E-state index < -0.39 is 5.97 Å². The molecule has 2 rings (SSSR count). The number of nitrogens with zero attached hydrogens (tertiary/aromatic N) is 2. The van der Waals surface area contributed by atoms with Crippen LogP contribution in [0, 0.1) is 0 Å². The van der Waals surface area contributed by atoms with E-state index in [-0.39, 0.29) is 11.3 Å². The Morgan fingerprint density at radius 1 is 1.50 bits per heavy atom. The molecule has 2 aromatic rings. The smallest absolute Gasteiger partial charge is 0.347 e. The van der Waals surface area contributed by atoms with Gasteiger partial charge in [0.1, 0.15) is 6.33 Å². The van der Waals surface area contributed by atoms with Gasteiger partial charge >= 0.3 is 11.7 Å². The Bertz CT molecular complexity index is 602. The fourth-order valence-electron chi connectivity index (χ4n) is 1.26. The molecular formula is C9H6BrN3O3. The van der Waals surface area contributed by atoms with Gasteiger partial charge < -0.3 is 5.11 Å². The normalized spacial score (nSPS) is 10.3. The van der Waals surface area contributed by atoms with Gasteiger partial charge in [0.05, 0.1) is 11.3 Å². The van der Waals surface area contributed by atoms with Gasteiger partial charge in [-0.2, -0.15) is 5.10 Å². The maximum atomic E-state index is 11.3. The van der Waals surface area contributed by atoms with Crippen LogP contribution in [0.4, 0.5) is 0 Å². The number of nitrogens with one attached hydrogen (secondary N) is 1. The summed E-state index contributed by atoms with van der Waals surface area (Å²) in [6.45, 7) is 0. The maximum Gasteiger partial charge on any atom is 0.347 e. The summed E-state index contributed by atoms with van der Waals surface area (Å²) in [4.78, 5) is 22.0. The van der Waals surface area contributed by atoms with Crippen LogP contribution in [-0.2, 0) is 0 Å². The van der Waals surface area contributed by atoms with Crippen LogP contribution in [0.1, 0.15) is 10.4 Å². The average Bonchev–Trinajstić information content (AvgIpc) is 2.64. The number of aromatic carboxylic acids is 1. The molecule has 0 saturated carbocycles. The molecule has 0 spiro atoms. The van der Waals surface area contributed by atoms with Gasteiger partial charge in [-0.1, -0.05) is 0 Å². The first-order chi connectivity index (χ1) is 7.59. The number of rotatable bonds is 2. The summed E-state index contributed by atoms with van der Waals surface area (Å²) in [5, 5.41) is 14.6. The summed E-state index contributed by atoms with van der Waals surface area (Å²) in [6.07, 6.45) is 1.32. The minimum absolute atomic E-state index is 0.146. The van der Waals surface area contributed by atoms with E-state index >= 15 is 0 Å². The number of carboxylic acids is 1. The van der Waals surface area contributed by atoms with Gasteiger partial charge in [-0.15, -0.1) is 0 Å². The molecule has 0 radical (unpaired) electrons. The van der Waals surface area contributed by atoms with E-state index in [9.17, 15) is 9.59 Å². The van der Waals surface area contributed by atoms with Crippen LogP contribution in [-0.4, -0.2) is 25.8 Å². The second-order valence-corrected chi connectivity index (χ2v) is 3.86. The quantitative estimate of drug-likeness (QED) is 0.861. The van der Waals surface area contributed by atoms with Gasteiger partial charge in [0, 0.05) is 4.47 Å². The van der Waals surface area contributed by atoms with Crippen molar-refractivity contribution < 1.29 is 9.90 Å². The van der Waals surface area contributed by atoms with Gasteiger partial charge in [-0.3, -0.25) is 0 Å². The predicted molar refractivity (Wildman–Crippen MR) is 58.8 cm³/mol. The summed E-state index contributed by atoms with van der Waals surface area (Å²) >= 11 is 3.21. The van der Waals surface area contributed by atoms with E-state index in [2.05, 4.69) is 26.1 Å². The van der Waals surface area contributed by atoms with Crippen LogP contribution >= 0.6 is 15.9 Å². The van der Waals surface area contributed by atoms with Gasteiger partial charge in [0.2, 0.25) is 0 Å². The minimum Gasteiger partial charge on any atom is -0.478 e. The second-order valence-electron chi connectivity index (χ2n) is 3.00. The van der Waals surface area contributed by atoms with E-state index in [1.165, 1.54) is 29.1 Å². The van der Waals surface area contributed by atoms with E-state index in [4.69, 9.17) is 5.11 Å². The van der Waals surface area contributed by atoms with Gasteiger partial charge in [0.25, 0.3) is 0 Å². The van der Waals surface area contributed by atoms with E-state index in [1.54, 1.807) is 0 Å². The first kappa shape index (κ1) is 10.6. The molecule has 1 heterocycles. The highest BCUT2D eigenvalue weighted by atomic mass is 79.9. The molecule has 0 fully saturated rings. The van der Waals surface area contributed by atoms with Crippen molar-refractivity contribution in [1.29, 1.82) is 0 Å². The fraction of sp³-hybridized carbons (Fsp3) is 0. The van der Waals surface area contributed by atoms with Crippen molar-refractivity contribution in [2.45, 2.75) is 0 Å². The molecule has 0 unspecified atom stereocenters. The summed E-state index contributed by atoms with van der Waals surface area (Å²) in [5.41, 5.74) is 0.291. The lowest BCUT2D eigenvalue weighted by Crippen LogP contribution is -2.14. The standard InChI is InChI=1S/C9H6BrN3O3/c10-6-3-5(8(14)15)1-2-7(6)13-4-11-12-9(13)16/h1-4H,(H,12,16)(H,14,15). The Balaban J connectivity index is 2.57. The summed E-state index contributed by atoms with van der Waals surface area (Å²) < 4.78 is 1.78. The molecule has 1 aromatic carbocycles. The van der Waals surface area contributed by atoms with E-state index in [0.29, 0.717) is 10.2 Å². The molecule has 82 valence electrons. The lowest BCUT2D eigenvalue weighted by Gasteiger charge is -2.04. The van der Waals surface area contributed by atoms with Gasteiger partial charge in [-0.25, -0.2) is 19.3 Å². The van der Waals surface area contributed by atoms with E-state index in [0.717, 1.165) is 0 Å². The van der Waals surface area contributed by atoms with Crippen molar-refractivity contribution in [3.05, 3.63) is 45.0 Å². The van der Waals surface area contributed by atoms with Crippen molar-refractivity contribution in [3.63, 3.8) is 0 Å². The SMILES string of the molecule is O=C(O)c1ccc(-n2cn[nH]c2=O)c(Br)c1. The Kier molecular flexibility index (Phi) is 2.61. The first-order valence-electron chi connectivity index (χ1n) is 4.25. The number of benzene rings is 1. The van der Waals surface area contributed by atoms with Crippen LogP contribution < -0.4 is 5.69 Å². The van der Waals surface area contributed by atoms with Crippen molar-refractivity contribution in [2.75, 3.05) is 0 Å². The molecule has 0 atom stereocenters. The zero-order valence-electron chi connectivity index (χ0n) is 7.85. The second kappa shape index (κ2) is 3.93. The number of carboxylic acid groups (broad SMARTS) is 1. The Morgan fingerprint density at radius 2 is 2.25 bits per heavy atom. The monoisotopic (exact) mass is 283 g/mol. The molecule has 2 N–H and O–H groups in total. The molecule has 0 bridgehead atoms. The third kappa shape index (κ3) is 1.76. The minimum atomic E-state index is -1.02. The third-order valence-corrected chi connectivity index (χ3v) is 2.64. The number of halogens is 1. The van der Waals surface area contributed by atoms with Crippen molar-refractivity contribution in [2.24, 2.45) is 0 Å². The molecule has 16 heavy (non-hydrogen) atoms. The molecule has 0 aliphatic rings. The van der Waals surface area contributed by atoms with Gasteiger partial charge in [0.15, 0.2) is 0 Å². The highest BCUT2D eigenvalue weighted by Crippen LogP contribution is 2.21. The fourth-order valence-corrected chi connectivity index (χ4v) is 1.82. The summed E-state index contributed by atoms with van der Waals surface area (Å²) in [7, 11) is 0. The molecule has 7 heteroatoms. The molecule has 0 amide bonds. The maximum absolute atomic E-state index is 11.3. The number of hydrogen-bond acceptors (Lipinski definition) is 3. The van der Waals surface area contributed by atoms with Crippen molar-refractivity contribution >= 4 is 21.9 Å². The lowest BCUT2D eigenvalue weighted by molar-refractivity contribution is 0.0697. The number of aromatic amines is 1.